The van der Waals surface area contributed by atoms with E-state index in [0.717, 1.165) is 19.5 Å². The van der Waals surface area contributed by atoms with Gasteiger partial charge in [0.05, 0.1) is 0 Å². The summed E-state index contributed by atoms with van der Waals surface area (Å²) in [4.78, 5) is 0. The van der Waals surface area contributed by atoms with Gasteiger partial charge in [-0.15, -0.1) is 0 Å². The summed E-state index contributed by atoms with van der Waals surface area (Å²) in [5.41, 5.74) is 0. The summed E-state index contributed by atoms with van der Waals surface area (Å²) in [7, 11) is 0. The molecule has 138 valence electrons. The molecule has 0 heterocycles. The van der Waals surface area contributed by atoms with Crippen LogP contribution in [0.2, 0.25) is 0 Å². The highest BCUT2D eigenvalue weighted by Gasteiger charge is 2.13. The van der Waals surface area contributed by atoms with Gasteiger partial charge in [-0.25, -0.2) is 0 Å². The van der Waals surface area contributed by atoms with Crippen LogP contribution in [0.3, 0.4) is 0 Å². The van der Waals surface area contributed by atoms with Gasteiger partial charge in [-0.1, -0.05) is 96.8 Å². The van der Waals surface area contributed by atoms with Crippen LogP contribution in [0.15, 0.2) is 0 Å². The first-order chi connectivity index (χ1) is 11.3. The zero-order valence-corrected chi connectivity index (χ0v) is 15.9. The van der Waals surface area contributed by atoms with E-state index in [1.165, 1.54) is 108 Å². The fraction of sp³-hybridized carbons (Fsp3) is 1.00. The Labute approximate surface area is 146 Å². The van der Waals surface area contributed by atoms with Crippen molar-refractivity contribution >= 4 is 0 Å². The summed E-state index contributed by atoms with van der Waals surface area (Å²) in [6, 6.07) is 0. The lowest BCUT2D eigenvalue weighted by Crippen LogP contribution is -2.26. The van der Waals surface area contributed by atoms with Crippen LogP contribution in [-0.4, -0.2) is 18.2 Å². The third kappa shape index (κ3) is 12.9. The summed E-state index contributed by atoms with van der Waals surface area (Å²) in [6.45, 7) is 3.86. The highest BCUT2D eigenvalue weighted by Crippen LogP contribution is 2.24. The van der Waals surface area contributed by atoms with E-state index in [0.29, 0.717) is 5.92 Å². The minimum atomic E-state index is 0.693. The fourth-order valence-corrected chi connectivity index (χ4v) is 3.88. The average molecular weight is 325 g/mol. The van der Waals surface area contributed by atoms with Gasteiger partial charge in [0.1, 0.15) is 0 Å². The molecule has 1 fully saturated rings. The smallest absolute Gasteiger partial charge is 0.0116 e. The van der Waals surface area contributed by atoms with Crippen molar-refractivity contribution in [3.63, 3.8) is 0 Å². The highest BCUT2D eigenvalue weighted by molar-refractivity contribution is 4.70. The van der Waals surface area contributed by atoms with Crippen molar-refractivity contribution in [1.82, 2.24) is 5.06 Å². The van der Waals surface area contributed by atoms with Crippen LogP contribution < -0.4 is 0 Å². The normalized spacial score (nSPS) is 16.3. The monoisotopic (exact) mass is 324 g/mol. The van der Waals surface area contributed by atoms with Crippen LogP contribution in [-0.2, 0) is 0 Å². The van der Waals surface area contributed by atoms with Gasteiger partial charge in [0.25, 0.3) is 0 Å². The zero-order chi connectivity index (χ0) is 16.6. The lowest BCUT2D eigenvalue weighted by Gasteiger charge is -2.34. The highest BCUT2D eigenvalue weighted by atomic mass is 16.5. The van der Waals surface area contributed by atoms with Crippen molar-refractivity contribution in [1.29, 1.82) is 0 Å². The van der Waals surface area contributed by atoms with Crippen LogP contribution >= 0.6 is 0 Å². The molecule has 0 unspecified atom stereocenters. The third-order valence-electron chi connectivity index (χ3n) is 5.45. The van der Waals surface area contributed by atoms with Crippen LogP contribution in [0.1, 0.15) is 116 Å². The average Bonchev–Trinajstić information content (AvgIpc) is 2.57. The number of hydrogen-bond acceptors (Lipinski definition) is 2. The molecule has 0 aromatic carbocycles. The first kappa shape index (κ1) is 21.0. The Kier molecular flexibility index (Phi) is 14.1. The molecular weight excluding hydrogens is 282 g/mol. The minimum absolute atomic E-state index is 0.693. The first-order valence-electron chi connectivity index (χ1n) is 10.7. The van der Waals surface area contributed by atoms with Crippen LogP contribution in [0.25, 0.3) is 0 Å². The SMILES string of the molecule is CCCCCCCCCCCCCCN([O-])CC1CCCCC1. The standard InChI is InChI=1S/C21H42NO/c1-2-3-4-5-6-7-8-9-10-11-12-16-19-22(23)20-21-17-14-13-15-18-21/h21H,2-20H2,1H3/q-1. The lowest BCUT2D eigenvalue weighted by atomic mass is 9.89. The molecular formula is C21H42NO-. The second-order valence-electron chi connectivity index (χ2n) is 7.78. The topological polar surface area (TPSA) is 26.3 Å². The summed E-state index contributed by atoms with van der Waals surface area (Å²) in [6.07, 6.45) is 23.0. The molecule has 0 amide bonds. The van der Waals surface area contributed by atoms with E-state index < -0.39 is 0 Å². The van der Waals surface area contributed by atoms with E-state index >= 15 is 0 Å². The predicted octanol–water partition coefficient (Wildman–Crippen LogP) is 7.07. The Bertz CT molecular complexity index is 238. The molecule has 0 aromatic heterocycles. The Morgan fingerprint density at radius 1 is 0.696 bits per heavy atom. The molecule has 2 nitrogen and oxygen atoms in total. The molecule has 1 aliphatic carbocycles. The molecule has 1 saturated carbocycles. The van der Waals surface area contributed by atoms with E-state index in [9.17, 15) is 5.21 Å². The fourth-order valence-electron chi connectivity index (χ4n) is 3.88. The number of rotatable bonds is 15. The molecule has 0 atom stereocenters. The van der Waals surface area contributed by atoms with Gasteiger partial charge in [-0.3, -0.25) is 0 Å². The number of hydroxylamine groups is 2. The van der Waals surface area contributed by atoms with Gasteiger partial charge in [0.15, 0.2) is 0 Å². The van der Waals surface area contributed by atoms with Gasteiger partial charge in [-0.2, -0.15) is 0 Å². The van der Waals surface area contributed by atoms with E-state index in [1.807, 2.05) is 0 Å². The maximum absolute atomic E-state index is 11.9. The Morgan fingerprint density at radius 3 is 1.70 bits per heavy atom. The van der Waals surface area contributed by atoms with Crippen LogP contribution in [0.5, 0.6) is 0 Å². The van der Waals surface area contributed by atoms with Crippen LogP contribution in [0, 0.1) is 11.1 Å². The van der Waals surface area contributed by atoms with Gasteiger partial charge in [0.2, 0.25) is 0 Å². The van der Waals surface area contributed by atoms with Gasteiger partial charge < -0.3 is 10.3 Å². The molecule has 0 radical (unpaired) electrons. The van der Waals surface area contributed by atoms with Crippen LogP contribution in [0.4, 0.5) is 0 Å². The quantitative estimate of drug-likeness (QED) is 0.238. The Balaban J connectivity index is 1.77. The van der Waals surface area contributed by atoms with Crippen molar-refractivity contribution in [2.24, 2.45) is 5.92 Å². The molecule has 0 N–H and O–H groups in total. The molecule has 0 bridgehead atoms. The summed E-state index contributed by atoms with van der Waals surface area (Å²) >= 11 is 0. The molecule has 1 aliphatic rings. The molecule has 23 heavy (non-hydrogen) atoms. The van der Waals surface area contributed by atoms with Gasteiger partial charge in [-0.05, 0) is 38.3 Å². The van der Waals surface area contributed by atoms with Gasteiger partial charge >= 0.3 is 0 Å². The van der Waals surface area contributed by atoms with Crippen molar-refractivity contribution < 1.29 is 0 Å². The molecule has 0 aliphatic heterocycles. The van der Waals surface area contributed by atoms with Crippen molar-refractivity contribution in [2.75, 3.05) is 13.1 Å². The second kappa shape index (κ2) is 15.4. The number of nitrogens with zero attached hydrogens (tertiary/aromatic N) is 1. The van der Waals surface area contributed by atoms with E-state index in [2.05, 4.69) is 6.92 Å². The molecule has 0 saturated heterocycles. The molecule has 0 spiro atoms. The predicted molar refractivity (Wildman–Crippen MR) is 103 cm³/mol. The molecule has 1 rings (SSSR count). The number of hydrogen-bond donors (Lipinski definition) is 0. The van der Waals surface area contributed by atoms with Crippen molar-refractivity contribution in [3.05, 3.63) is 5.21 Å². The van der Waals surface area contributed by atoms with E-state index in [-0.39, 0.29) is 0 Å². The number of unbranched alkanes of at least 4 members (excludes halogenated alkanes) is 11. The lowest BCUT2D eigenvalue weighted by molar-refractivity contribution is 0.251. The maximum atomic E-state index is 11.9. The summed E-state index contributed by atoms with van der Waals surface area (Å²) in [5.74, 6) is 0.693. The van der Waals surface area contributed by atoms with E-state index in [4.69, 9.17) is 0 Å². The van der Waals surface area contributed by atoms with Crippen molar-refractivity contribution in [2.45, 2.75) is 116 Å². The Hall–Kier alpha value is -0.0800. The zero-order valence-electron chi connectivity index (χ0n) is 15.9. The Morgan fingerprint density at radius 2 is 1.17 bits per heavy atom. The second-order valence-corrected chi connectivity index (χ2v) is 7.78. The largest absolute Gasteiger partial charge is 0.785 e. The van der Waals surface area contributed by atoms with E-state index in [1.54, 1.807) is 0 Å². The third-order valence-corrected chi connectivity index (χ3v) is 5.45. The van der Waals surface area contributed by atoms with Crippen molar-refractivity contribution in [3.8, 4) is 0 Å². The minimum Gasteiger partial charge on any atom is -0.785 e. The van der Waals surface area contributed by atoms with Gasteiger partial charge in [0, 0.05) is 0 Å². The maximum Gasteiger partial charge on any atom is -0.0116 e. The first-order valence-corrected chi connectivity index (χ1v) is 10.7. The summed E-state index contributed by atoms with van der Waals surface area (Å²) < 4.78 is 0. The molecule has 2 heteroatoms. The molecule has 0 aromatic rings. The summed E-state index contributed by atoms with van der Waals surface area (Å²) in [5, 5.41) is 13.3.